The van der Waals surface area contributed by atoms with E-state index in [1.807, 2.05) is 80.2 Å². The minimum atomic E-state index is -0.338. The summed E-state index contributed by atoms with van der Waals surface area (Å²) in [5.41, 5.74) is 3.40. The zero-order chi connectivity index (χ0) is 22.3. The van der Waals surface area contributed by atoms with Crippen molar-refractivity contribution in [2.24, 2.45) is 0 Å². The molecule has 0 saturated carbocycles. The summed E-state index contributed by atoms with van der Waals surface area (Å²) in [7, 11) is 0. The number of carbonyl (C=O) groups is 2. The molecule has 160 valence electrons. The van der Waals surface area contributed by atoms with Crippen LogP contribution in [0, 0.1) is 0 Å². The molecule has 31 heavy (non-hydrogen) atoms. The second-order valence-corrected chi connectivity index (χ2v) is 8.33. The molecule has 6 nitrogen and oxygen atoms in total. The lowest BCUT2D eigenvalue weighted by Crippen LogP contribution is -2.45. The van der Waals surface area contributed by atoms with E-state index in [1.165, 1.54) is 6.08 Å². The number of benzene rings is 2. The molecule has 0 atom stereocenters. The molecule has 0 fully saturated rings. The fourth-order valence-electron chi connectivity index (χ4n) is 3.08. The van der Waals surface area contributed by atoms with E-state index in [9.17, 15) is 9.59 Å². The fourth-order valence-corrected chi connectivity index (χ4v) is 3.08. The van der Waals surface area contributed by atoms with E-state index in [-0.39, 0.29) is 23.9 Å². The third-order valence-electron chi connectivity index (χ3n) is 4.38. The van der Waals surface area contributed by atoms with Crippen LogP contribution < -0.4 is 10.6 Å². The first-order chi connectivity index (χ1) is 14.8. The topological polar surface area (TPSA) is 76.0 Å². The summed E-state index contributed by atoms with van der Waals surface area (Å²) in [5, 5.41) is 10.2. The molecule has 0 spiro atoms. The first-order valence-electron chi connectivity index (χ1n) is 10.2. The highest BCUT2D eigenvalue weighted by atomic mass is 16.2. The Labute approximate surface area is 183 Å². The molecule has 0 aliphatic heterocycles. The Kier molecular flexibility index (Phi) is 7.03. The average molecular weight is 417 g/mol. The van der Waals surface area contributed by atoms with Gasteiger partial charge in [0, 0.05) is 28.9 Å². The van der Waals surface area contributed by atoms with Crippen LogP contribution in [-0.2, 0) is 16.1 Å². The highest BCUT2D eigenvalue weighted by Crippen LogP contribution is 2.23. The average Bonchev–Trinajstić information content (AvgIpc) is 3.13. The van der Waals surface area contributed by atoms with Crippen molar-refractivity contribution in [3.63, 3.8) is 0 Å². The number of rotatable bonds is 7. The van der Waals surface area contributed by atoms with Crippen LogP contribution in [0.5, 0.6) is 0 Å². The Morgan fingerprint density at radius 2 is 1.65 bits per heavy atom. The standard InChI is InChI=1S/C25H28N4O2/c1-25(2,3)27-23(31)16-26-22(30)15-14-21-18-29(17-19-10-6-4-7-11-19)28-24(21)20-12-8-5-9-13-20/h4-15,18H,16-17H2,1-3H3,(H,26,30)(H,27,31)/b15-14+. The van der Waals surface area contributed by atoms with Crippen LogP contribution in [0.25, 0.3) is 17.3 Å². The van der Waals surface area contributed by atoms with Crippen molar-refractivity contribution < 1.29 is 9.59 Å². The second-order valence-electron chi connectivity index (χ2n) is 8.33. The highest BCUT2D eigenvalue weighted by molar-refractivity contribution is 5.95. The van der Waals surface area contributed by atoms with Gasteiger partial charge in [0.2, 0.25) is 11.8 Å². The molecule has 6 heteroatoms. The number of carbonyl (C=O) groups excluding carboxylic acids is 2. The monoisotopic (exact) mass is 416 g/mol. The van der Waals surface area contributed by atoms with Gasteiger partial charge < -0.3 is 10.6 Å². The summed E-state index contributed by atoms with van der Waals surface area (Å²) >= 11 is 0. The molecular weight excluding hydrogens is 388 g/mol. The number of nitrogens with one attached hydrogen (secondary N) is 2. The number of amides is 2. The van der Waals surface area contributed by atoms with Crippen molar-refractivity contribution in [2.45, 2.75) is 32.9 Å². The van der Waals surface area contributed by atoms with Gasteiger partial charge in [-0.3, -0.25) is 14.3 Å². The lowest BCUT2D eigenvalue weighted by molar-refractivity contribution is -0.124. The Bertz CT molecular complexity index is 1050. The van der Waals surface area contributed by atoms with E-state index in [0.29, 0.717) is 6.54 Å². The zero-order valence-electron chi connectivity index (χ0n) is 18.1. The van der Waals surface area contributed by atoms with Crippen molar-refractivity contribution in [1.29, 1.82) is 0 Å². The largest absolute Gasteiger partial charge is 0.350 e. The zero-order valence-corrected chi connectivity index (χ0v) is 18.1. The summed E-state index contributed by atoms with van der Waals surface area (Å²) in [6.07, 6.45) is 5.08. The van der Waals surface area contributed by atoms with Gasteiger partial charge in [0.05, 0.1) is 18.8 Å². The summed E-state index contributed by atoms with van der Waals surface area (Å²) < 4.78 is 1.87. The lowest BCUT2D eigenvalue weighted by Gasteiger charge is -2.20. The van der Waals surface area contributed by atoms with E-state index in [0.717, 1.165) is 22.4 Å². The van der Waals surface area contributed by atoms with E-state index < -0.39 is 0 Å². The summed E-state index contributed by atoms with van der Waals surface area (Å²) in [6.45, 7) is 6.24. The van der Waals surface area contributed by atoms with Gasteiger partial charge in [0.15, 0.2) is 0 Å². The molecule has 2 amide bonds. The Morgan fingerprint density at radius 1 is 1.00 bits per heavy atom. The van der Waals surface area contributed by atoms with Crippen LogP contribution in [0.1, 0.15) is 31.9 Å². The molecule has 1 aromatic heterocycles. The van der Waals surface area contributed by atoms with E-state index in [2.05, 4.69) is 22.8 Å². The maximum Gasteiger partial charge on any atom is 0.244 e. The van der Waals surface area contributed by atoms with Gasteiger partial charge in [0.1, 0.15) is 0 Å². The Hall–Kier alpha value is -3.67. The van der Waals surface area contributed by atoms with Crippen LogP contribution in [0.3, 0.4) is 0 Å². The maximum absolute atomic E-state index is 12.2. The number of nitrogens with zero attached hydrogens (tertiary/aromatic N) is 2. The van der Waals surface area contributed by atoms with Gasteiger partial charge in [-0.05, 0) is 32.4 Å². The smallest absolute Gasteiger partial charge is 0.244 e. The van der Waals surface area contributed by atoms with Crippen molar-refractivity contribution in [2.75, 3.05) is 6.54 Å². The fraction of sp³-hybridized carbons (Fsp3) is 0.240. The number of hydrogen-bond donors (Lipinski definition) is 2. The molecule has 2 N–H and O–H groups in total. The number of aromatic nitrogens is 2. The third kappa shape index (κ3) is 6.96. The Morgan fingerprint density at radius 3 is 2.29 bits per heavy atom. The third-order valence-corrected chi connectivity index (χ3v) is 4.38. The molecule has 0 aliphatic carbocycles. The van der Waals surface area contributed by atoms with E-state index in [4.69, 9.17) is 5.10 Å². The van der Waals surface area contributed by atoms with E-state index >= 15 is 0 Å². The predicted octanol–water partition coefficient (Wildman–Crippen LogP) is 3.64. The van der Waals surface area contributed by atoms with Gasteiger partial charge in [-0.2, -0.15) is 5.10 Å². The molecule has 1 heterocycles. The summed E-state index contributed by atoms with van der Waals surface area (Å²) in [6, 6.07) is 19.9. The van der Waals surface area contributed by atoms with Crippen LogP contribution in [-0.4, -0.2) is 33.7 Å². The van der Waals surface area contributed by atoms with Crippen molar-refractivity contribution in [3.05, 3.63) is 84.1 Å². The summed E-state index contributed by atoms with van der Waals surface area (Å²) in [5.74, 6) is -0.561. The van der Waals surface area contributed by atoms with Gasteiger partial charge in [-0.25, -0.2) is 0 Å². The van der Waals surface area contributed by atoms with Crippen molar-refractivity contribution >= 4 is 17.9 Å². The first-order valence-corrected chi connectivity index (χ1v) is 10.2. The highest BCUT2D eigenvalue weighted by Gasteiger charge is 2.14. The van der Waals surface area contributed by atoms with Crippen LogP contribution in [0.4, 0.5) is 0 Å². The molecule has 2 aromatic carbocycles. The predicted molar refractivity (Wildman–Crippen MR) is 123 cm³/mol. The molecule has 3 rings (SSSR count). The Balaban J connectivity index is 1.74. The van der Waals surface area contributed by atoms with Crippen molar-refractivity contribution in [1.82, 2.24) is 20.4 Å². The van der Waals surface area contributed by atoms with Gasteiger partial charge in [-0.15, -0.1) is 0 Å². The quantitative estimate of drug-likeness (QED) is 0.578. The molecule has 0 unspecified atom stereocenters. The van der Waals surface area contributed by atoms with E-state index in [1.54, 1.807) is 6.08 Å². The molecular formula is C25H28N4O2. The molecule has 0 aliphatic rings. The molecule has 0 bridgehead atoms. The minimum Gasteiger partial charge on any atom is -0.350 e. The normalized spacial score (nSPS) is 11.5. The van der Waals surface area contributed by atoms with Crippen molar-refractivity contribution in [3.8, 4) is 11.3 Å². The molecule has 3 aromatic rings. The number of hydrogen-bond acceptors (Lipinski definition) is 3. The minimum absolute atomic E-state index is 0.0702. The summed E-state index contributed by atoms with van der Waals surface area (Å²) in [4.78, 5) is 24.1. The second kappa shape index (κ2) is 9.89. The molecule has 0 radical (unpaired) electrons. The first kappa shape index (κ1) is 22.0. The lowest BCUT2D eigenvalue weighted by atomic mass is 10.1. The molecule has 0 saturated heterocycles. The van der Waals surface area contributed by atoms with Crippen LogP contribution in [0.2, 0.25) is 0 Å². The van der Waals surface area contributed by atoms with Gasteiger partial charge >= 0.3 is 0 Å². The van der Waals surface area contributed by atoms with Crippen LogP contribution in [0.15, 0.2) is 72.9 Å². The maximum atomic E-state index is 12.2. The SMILES string of the molecule is CC(C)(C)NC(=O)CNC(=O)/C=C/c1cn(Cc2ccccc2)nc1-c1ccccc1. The van der Waals surface area contributed by atoms with Crippen LogP contribution >= 0.6 is 0 Å². The van der Waals surface area contributed by atoms with Gasteiger partial charge in [0.25, 0.3) is 0 Å². The van der Waals surface area contributed by atoms with Gasteiger partial charge in [-0.1, -0.05) is 60.7 Å².